The molecular formula is C34H73ClSi2Zn. The third-order valence-electron chi connectivity index (χ3n) is 6.65. The van der Waals surface area contributed by atoms with Crippen LogP contribution in [0, 0.1) is 19.3 Å². The Balaban J connectivity index is -0.000000131. The molecule has 38 heavy (non-hydrogen) atoms. The van der Waals surface area contributed by atoms with Gasteiger partial charge in [-0.05, 0) is 0 Å². The molecule has 0 aromatic heterocycles. The first kappa shape index (κ1) is 48.6. The Kier molecular flexibility index (Phi) is 48.3. The average Bonchev–Trinajstić information content (AvgIpc) is 2.87. The second-order valence-electron chi connectivity index (χ2n) is 11.9. The molecule has 0 saturated heterocycles. The normalized spacial score (nSPS) is 11.3. The fraction of sp³-hybridized carbons (Fsp3) is 0.824. The van der Waals surface area contributed by atoms with Crippen molar-refractivity contribution in [3.8, 4) is 0 Å². The molecular weight excluding hydrogens is 565 g/mol. The van der Waals surface area contributed by atoms with Gasteiger partial charge in [0.15, 0.2) is 7.38 Å². The maximum absolute atomic E-state index is 5.74. The van der Waals surface area contributed by atoms with E-state index in [1.54, 1.807) is 0 Å². The predicted molar refractivity (Wildman–Crippen MR) is 186 cm³/mol. The number of hydrogen-bond acceptors (Lipinski definition) is 0. The molecule has 0 nitrogen and oxygen atoms in total. The Hall–Kier alpha value is 0.827. The summed E-state index contributed by atoms with van der Waals surface area (Å²) in [7, 11) is -2.38. The molecule has 0 heterocycles. The van der Waals surface area contributed by atoms with Gasteiger partial charge in [-0.2, -0.15) is 30.3 Å². The molecule has 1 atom stereocenters. The van der Waals surface area contributed by atoms with Crippen molar-refractivity contribution in [2.75, 3.05) is 0 Å². The van der Waals surface area contributed by atoms with E-state index in [9.17, 15) is 0 Å². The first-order valence-corrected chi connectivity index (χ1v) is 23.3. The van der Waals surface area contributed by atoms with Gasteiger partial charge in [0, 0.05) is 0 Å². The Morgan fingerprint density at radius 2 is 1.08 bits per heavy atom. The van der Waals surface area contributed by atoms with Crippen LogP contribution in [0.25, 0.3) is 0 Å². The molecule has 0 aliphatic heterocycles. The van der Waals surface area contributed by atoms with Gasteiger partial charge >= 0.3 is 19.5 Å². The van der Waals surface area contributed by atoms with E-state index in [1.807, 2.05) is 18.8 Å². The van der Waals surface area contributed by atoms with Crippen molar-refractivity contribution >= 4 is 26.5 Å². The van der Waals surface area contributed by atoms with Gasteiger partial charge in [-0.3, -0.25) is 0 Å². The third kappa shape index (κ3) is 56.9. The van der Waals surface area contributed by atoms with Crippen LogP contribution in [-0.4, -0.2) is 15.5 Å². The van der Waals surface area contributed by atoms with Crippen LogP contribution in [0.5, 0.6) is 0 Å². The molecule has 0 N–H and O–H groups in total. The van der Waals surface area contributed by atoms with Crippen molar-refractivity contribution in [3.63, 3.8) is 0 Å². The summed E-state index contributed by atoms with van der Waals surface area (Å²) in [6, 6.07) is 1.43. The Morgan fingerprint density at radius 1 is 0.711 bits per heavy atom. The fourth-order valence-corrected chi connectivity index (χ4v) is 4.67. The molecule has 0 radical (unpaired) electrons. The molecule has 0 spiro atoms. The van der Waals surface area contributed by atoms with Crippen molar-refractivity contribution in [2.45, 2.75) is 176 Å². The summed E-state index contributed by atoms with van der Waals surface area (Å²) in [5, 5.41) is 0. The molecule has 0 aliphatic carbocycles. The first-order valence-electron chi connectivity index (χ1n) is 16.0. The van der Waals surface area contributed by atoms with Gasteiger partial charge in [-0.15, -0.1) is 18.9 Å². The van der Waals surface area contributed by atoms with Gasteiger partial charge in [0.25, 0.3) is 0 Å². The van der Waals surface area contributed by atoms with Crippen LogP contribution in [0.15, 0.2) is 24.6 Å². The van der Waals surface area contributed by atoms with E-state index in [-0.39, 0.29) is 19.5 Å². The molecule has 0 aromatic carbocycles. The van der Waals surface area contributed by atoms with Crippen LogP contribution in [-0.2, 0) is 19.5 Å². The minimum absolute atomic E-state index is 0. The number of halogens is 1. The minimum Gasteiger partial charge on any atom is -0.343 e. The van der Waals surface area contributed by atoms with Crippen LogP contribution < -0.4 is 0 Å². The zero-order chi connectivity index (χ0) is 29.4. The van der Waals surface area contributed by atoms with Crippen molar-refractivity contribution in [1.29, 1.82) is 0 Å². The monoisotopic (exact) mass is 636 g/mol. The summed E-state index contributed by atoms with van der Waals surface area (Å²) in [5.41, 5.74) is 4.06. The third-order valence-corrected chi connectivity index (χ3v) is 10.8. The standard InChI is InChI=1S/C12H26Si.C10H21.C8H17.C4H9ClSi.Zn/c1-5-7-8-9-10-11-12-13(3,4)6-2;1-4-6-7-8-9-10(3)5-2;1-3-5-7-8-6-4-2;1-4-6(2,3)5;/h6H,2,5,7-12H2,1,3-4H3;5,10H,4,6-9H2,1-3H3;1,3-8H2,2H3;4H,1H2,2-3H3;/q;2*-1;;+2. The quantitative estimate of drug-likeness (QED) is 0.0539. The van der Waals surface area contributed by atoms with Gasteiger partial charge in [-0.25, -0.2) is 0 Å². The van der Waals surface area contributed by atoms with Gasteiger partial charge in [0.1, 0.15) is 0 Å². The van der Waals surface area contributed by atoms with Crippen molar-refractivity contribution in [1.82, 2.24) is 0 Å². The first-order chi connectivity index (χ1) is 17.4. The van der Waals surface area contributed by atoms with Crippen molar-refractivity contribution < 1.29 is 19.5 Å². The summed E-state index contributed by atoms with van der Waals surface area (Å²) < 4.78 is 0. The molecule has 0 aliphatic rings. The Labute approximate surface area is 264 Å². The second-order valence-corrected chi connectivity index (χ2v) is 23.3. The van der Waals surface area contributed by atoms with Gasteiger partial charge in [0.05, 0.1) is 8.07 Å². The van der Waals surface area contributed by atoms with E-state index < -0.39 is 15.5 Å². The van der Waals surface area contributed by atoms with E-state index >= 15 is 0 Å². The molecule has 0 amide bonds. The molecule has 0 rings (SSSR count). The summed E-state index contributed by atoms with van der Waals surface area (Å²) in [6.07, 6.45) is 25.8. The summed E-state index contributed by atoms with van der Waals surface area (Å²) in [4.78, 5) is 0. The molecule has 0 aromatic rings. The number of unbranched alkanes of at least 4 members (excludes halogenated alkanes) is 13. The van der Waals surface area contributed by atoms with Crippen LogP contribution >= 0.6 is 11.1 Å². The van der Waals surface area contributed by atoms with Crippen LogP contribution in [0.1, 0.15) is 144 Å². The molecule has 0 fully saturated rings. The Morgan fingerprint density at radius 3 is 1.42 bits per heavy atom. The fourth-order valence-electron chi connectivity index (χ4n) is 3.30. The van der Waals surface area contributed by atoms with E-state index in [1.165, 1.54) is 109 Å². The van der Waals surface area contributed by atoms with Crippen molar-refractivity contribution in [2.24, 2.45) is 5.92 Å². The zero-order valence-electron chi connectivity index (χ0n) is 28.2. The number of rotatable bonds is 20. The predicted octanol–water partition coefficient (Wildman–Crippen LogP) is 13.9. The zero-order valence-corrected chi connectivity index (χ0v) is 34.0. The summed E-state index contributed by atoms with van der Waals surface area (Å²) >= 11 is 5.74. The topological polar surface area (TPSA) is 0 Å². The van der Waals surface area contributed by atoms with Gasteiger partial charge in [0.2, 0.25) is 0 Å². The van der Waals surface area contributed by atoms with Crippen LogP contribution in [0.3, 0.4) is 0 Å². The SMILES string of the molecule is C=C[Si](C)(C)CCCCCCCC.C=C[Si](C)(C)Cl.C[CH-]C(C)CCCCCC.[CH2-]CCCCCCC.[Zn+2]. The van der Waals surface area contributed by atoms with E-state index in [0.29, 0.717) is 0 Å². The van der Waals surface area contributed by atoms with E-state index in [2.05, 4.69) is 79.9 Å². The maximum Gasteiger partial charge on any atom is 2.00 e. The minimum atomic E-state index is -1.40. The average molecular weight is 639 g/mol. The number of hydrogen-bond donors (Lipinski definition) is 0. The second kappa shape index (κ2) is 37.8. The van der Waals surface area contributed by atoms with Gasteiger partial charge in [-0.1, -0.05) is 168 Å². The molecule has 226 valence electrons. The molecule has 0 saturated carbocycles. The Bertz CT molecular complexity index is 427. The van der Waals surface area contributed by atoms with Crippen LogP contribution in [0.2, 0.25) is 32.2 Å². The van der Waals surface area contributed by atoms with Crippen molar-refractivity contribution in [3.05, 3.63) is 37.9 Å². The molecule has 1 unspecified atom stereocenters. The van der Waals surface area contributed by atoms with E-state index in [4.69, 9.17) is 11.1 Å². The van der Waals surface area contributed by atoms with Gasteiger partial charge < -0.3 is 13.3 Å². The summed E-state index contributed by atoms with van der Waals surface area (Å²) in [5.74, 6) is 0.830. The molecule has 4 heteroatoms. The maximum atomic E-state index is 5.74. The van der Waals surface area contributed by atoms with E-state index in [0.717, 1.165) is 12.3 Å². The summed E-state index contributed by atoms with van der Waals surface area (Å²) in [6.45, 7) is 31.4. The largest absolute Gasteiger partial charge is 2.00 e. The smallest absolute Gasteiger partial charge is 0.343 e. The molecule has 0 bridgehead atoms. The van der Waals surface area contributed by atoms with Crippen LogP contribution in [0.4, 0.5) is 0 Å².